The molecule has 1 N–H and O–H groups in total. The first-order valence-corrected chi connectivity index (χ1v) is 8.40. The van der Waals surface area contributed by atoms with E-state index in [0.29, 0.717) is 6.61 Å². The van der Waals surface area contributed by atoms with Gasteiger partial charge in [0.1, 0.15) is 5.76 Å². The molecule has 0 bridgehead atoms. The Morgan fingerprint density at radius 3 is 2.64 bits per heavy atom. The van der Waals surface area contributed by atoms with Gasteiger partial charge in [0, 0.05) is 23.4 Å². The molecule has 122 valence electrons. The first-order chi connectivity index (χ1) is 10.3. The molecule has 0 spiro atoms. The molecule has 2 aromatic heterocycles. The van der Waals surface area contributed by atoms with Gasteiger partial charge in [-0.05, 0) is 26.0 Å². The number of aryl methyl sites for hydroxylation is 1. The van der Waals surface area contributed by atoms with Crippen molar-refractivity contribution in [3.63, 3.8) is 0 Å². The molecule has 0 aliphatic heterocycles. The van der Waals surface area contributed by atoms with Crippen LogP contribution in [0.3, 0.4) is 0 Å². The summed E-state index contributed by atoms with van der Waals surface area (Å²) >= 11 is 1.79. The Labute approximate surface area is 136 Å². The minimum Gasteiger partial charge on any atom is -0.468 e. The Balaban J connectivity index is 2.17. The van der Waals surface area contributed by atoms with Gasteiger partial charge in [-0.15, -0.1) is 11.3 Å². The zero-order valence-electron chi connectivity index (χ0n) is 14.3. The van der Waals surface area contributed by atoms with E-state index in [2.05, 4.69) is 39.9 Å². The summed E-state index contributed by atoms with van der Waals surface area (Å²) in [5.74, 6) is 0.895. The quantitative estimate of drug-likeness (QED) is 0.857. The van der Waals surface area contributed by atoms with Crippen LogP contribution in [-0.2, 0) is 10.2 Å². The molecule has 0 aromatic carbocycles. The molecule has 0 saturated heterocycles. The van der Waals surface area contributed by atoms with Crippen molar-refractivity contribution in [3.8, 4) is 0 Å². The van der Waals surface area contributed by atoms with Gasteiger partial charge in [0.2, 0.25) is 0 Å². The van der Waals surface area contributed by atoms with Gasteiger partial charge in [0.05, 0.1) is 29.6 Å². The maximum absolute atomic E-state index is 5.52. The standard InChI is InChI=1S/C17H26N2O2S/c1-11(15-12(2)19-16(22-15)17(3,4)5)18-13(10-20-6)14-8-7-9-21-14/h7-9,11,13,18H,10H2,1-6H3. The molecule has 2 aromatic rings. The van der Waals surface area contributed by atoms with E-state index in [1.54, 1.807) is 24.7 Å². The second-order valence-electron chi connectivity index (χ2n) is 6.63. The van der Waals surface area contributed by atoms with Crippen LogP contribution in [0.25, 0.3) is 0 Å². The Hall–Kier alpha value is -1.17. The third-order valence-corrected chi connectivity index (χ3v) is 5.30. The van der Waals surface area contributed by atoms with E-state index in [1.165, 1.54) is 9.88 Å². The van der Waals surface area contributed by atoms with E-state index in [4.69, 9.17) is 14.1 Å². The van der Waals surface area contributed by atoms with Crippen LogP contribution in [0.15, 0.2) is 22.8 Å². The number of nitrogens with zero attached hydrogens (tertiary/aromatic N) is 1. The van der Waals surface area contributed by atoms with Crippen molar-refractivity contribution >= 4 is 11.3 Å². The van der Waals surface area contributed by atoms with Crippen molar-refractivity contribution < 1.29 is 9.15 Å². The van der Waals surface area contributed by atoms with Gasteiger partial charge in [-0.25, -0.2) is 4.98 Å². The molecule has 2 unspecified atom stereocenters. The number of hydrogen-bond donors (Lipinski definition) is 1. The number of ether oxygens (including phenoxy) is 1. The Kier molecular flexibility index (Phi) is 5.42. The van der Waals surface area contributed by atoms with Crippen molar-refractivity contribution in [1.29, 1.82) is 0 Å². The second-order valence-corrected chi connectivity index (χ2v) is 7.66. The highest BCUT2D eigenvalue weighted by atomic mass is 32.1. The van der Waals surface area contributed by atoms with Crippen LogP contribution in [0.4, 0.5) is 0 Å². The summed E-state index contributed by atoms with van der Waals surface area (Å²) in [6, 6.07) is 4.11. The summed E-state index contributed by atoms with van der Waals surface area (Å²) in [4.78, 5) is 6.02. The van der Waals surface area contributed by atoms with E-state index in [-0.39, 0.29) is 17.5 Å². The largest absolute Gasteiger partial charge is 0.468 e. The SMILES string of the molecule is COCC(NC(C)c1sc(C(C)(C)C)nc1C)c1ccco1. The Morgan fingerprint density at radius 2 is 2.14 bits per heavy atom. The molecule has 0 fully saturated rings. The number of aromatic nitrogens is 1. The lowest BCUT2D eigenvalue weighted by Gasteiger charge is -2.21. The van der Waals surface area contributed by atoms with Crippen LogP contribution in [0.5, 0.6) is 0 Å². The normalized spacial score (nSPS) is 15.0. The molecule has 0 aliphatic carbocycles. The number of thiazole rings is 1. The molecule has 2 rings (SSSR count). The number of methoxy groups -OCH3 is 1. The predicted molar refractivity (Wildman–Crippen MR) is 90.4 cm³/mol. The molecular weight excluding hydrogens is 296 g/mol. The highest BCUT2D eigenvalue weighted by Crippen LogP contribution is 2.33. The third kappa shape index (κ3) is 3.97. The fourth-order valence-electron chi connectivity index (χ4n) is 2.38. The minimum absolute atomic E-state index is 0.0367. The van der Waals surface area contributed by atoms with Crippen LogP contribution >= 0.6 is 11.3 Å². The summed E-state index contributed by atoms with van der Waals surface area (Å²) in [5.41, 5.74) is 1.19. The first kappa shape index (κ1) is 17.2. The topological polar surface area (TPSA) is 47.3 Å². The molecule has 0 amide bonds. The summed E-state index contributed by atoms with van der Waals surface area (Å²) in [5, 5.41) is 4.77. The summed E-state index contributed by atoms with van der Waals surface area (Å²) in [6.07, 6.45) is 1.69. The fourth-order valence-corrected chi connectivity index (χ4v) is 3.51. The van der Waals surface area contributed by atoms with Gasteiger partial charge in [-0.3, -0.25) is 5.32 Å². The van der Waals surface area contributed by atoms with Crippen molar-refractivity contribution in [2.75, 3.05) is 13.7 Å². The third-order valence-electron chi connectivity index (χ3n) is 3.54. The number of hydrogen-bond acceptors (Lipinski definition) is 5. The van der Waals surface area contributed by atoms with Gasteiger partial charge in [0.15, 0.2) is 0 Å². The summed E-state index contributed by atoms with van der Waals surface area (Å²) < 4.78 is 10.8. The fraction of sp³-hybridized carbons (Fsp3) is 0.588. The molecule has 0 aliphatic rings. The van der Waals surface area contributed by atoms with E-state index < -0.39 is 0 Å². The number of rotatable bonds is 6. The van der Waals surface area contributed by atoms with Crippen LogP contribution in [0.1, 0.15) is 61.1 Å². The smallest absolute Gasteiger partial charge is 0.123 e. The second kappa shape index (κ2) is 6.94. The van der Waals surface area contributed by atoms with E-state index in [9.17, 15) is 0 Å². The van der Waals surface area contributed by atoms with Gasteiger partial charge in [0.25, 0.3) is 0 Å². The lowest BCUT2D eigenvalue weighted by atomic mass is 9.98. The van der Waals surface area contributed by atoms with Crippen LogP contribution in [0.2, 0.25) is 0 Å². The summed E-state index contributed by atoms with van der Waals surface area (Å²) in [7, 11) is 1.71. The summed E-state index contributed by atoms with van der Waals surface area (Å²) in [6.45, 7) is 11.4. The van der Waals surface area contributed by atoms with E-state index in [0.717, 1.165) is 11.5 Å². The molecule has 4 nitrogen and oxygen atoms in total. The van der Waals surface area contributed by atoms with E-state index in [1.807, 2.05) is 12.1 Å². The van der Waals surface area contributed by atoms with Gasteiger partial charge in [-0.1, -0.05) is 20.8 Å². The van der Waals surface area contributed by atoms with Gasteiger partial charge in [-0.2, -0.15) is 0 Å². The van der Waals surface area contributed by atoms with Gasteiger partial charge < -0.3 is 9.15 Å². The molecule has 0 radical (unpaired) electrons. The maximum atomic E-state index is 5.52. The lowest BCUT2D eigenvalue weighted by Crippen LogP contribution is -2.27. The predicted octanol–water partition coefficient (Wildman–Crippen LogP) is 4.38. The zero-order chi connectivity index (χ0) is 16.3. The van der Waals surface area contributed by atoms with Crippen molar-refractivity contribution in [2.45, 2.75) is 52.1 Å². The van der Waals surface area contributed by atoms with E-state index >= 15 is 0 Å². The molecule has 0 saturated carbocycles. The molecule has 5 heteroatoms. The molecular formula is C17H26N2O2S. The average Bonchev–Trinajstić information content (AvgIpc) is 3.06. The van der Waals surface area contributed by atoms with Crippen LogP contribution < -0.4 is 5.32 Å². The maximum Gasteiger partial charge on any atom is 0.123 e. The highest BCUT2D eigenvalue weighted by Gasteiger charge is 2.24. The average molecular weight is 322 g/mol. The van der Waals surface area contributed by atoms with Crippen molar-refractivity contribution in [3.05, 3.63) is 39.7 Å². The Bertz CT molecular complexity index is 584. The number of nitrogens with one attached hydrogen (secondary N) is 1. The molecule has 22 heavy (non-hydrogen) atoms. The lowest BCUT2D eigenvalue weighted by molar-refractivity contribution is 0.152. The van der Waals surface area contributed by atoms with Crippen molar-refractivity contribution in [2.24, 2.45) is 0 Å². The monoisotopic (exact) mass is 322 g/mol. The zero-order valence-corrected chi connectivity index (χ0v) is 15.1. The van der Waals surface area contributed by atoms with Gasteiger partial charge >= 0.3 is 0 Å². The Morgan fingerprint density at radius 1 is 1.41 bits per heavy atom. The van der Waals surface area contributed by atoms with Crippen LogP contribution in [-0.4, -0.2) is 18.7 Å². The number of furan rings is 1. The molecule has 2 heterocycles. The van der Waals surface area contributed by atoms with Crippen molar-refractivity contribution in [1.82, 2.24) is 10.3 Å². The first-order valence-electron chi connectivity index (χ1n) is 7.59. The minimum atomic E-state index is 0.0367. The van der Waals surface area contributed by atoms with Crippen LogP contribution in [0, 0.1) is 6.92 Å². The highest BCUT2D eigenvalue weighted by molar-refractivity contribution is 7.12. The molecule has 2 atom stereocenters.